The van der Waals surface area contributed by atoms with Crippen molar-refractivity contribution >= 4 is 17.6 Å². The van der Waals surface area contributed by atoms with E-state index in [1.165, 1.54) is 25.1 Å². The van der Waals surface area contributed by atoms with Crippen LogP contribution in [0.2, 0.25) is 0 Å². The molecule has 7 heteroatoms. The van der Waals surface area contributed by atoms with Gasteiger partial charge in [0.15, 0.2) is 0 Å². The Labute approximate surface area is 87.3 Å². The van der Waals surface area contributed by atoms with Gasteiger partial charge in [0.25, 0.3) is 5.91 Å². The minimum atomic E-state index is -0.885. The number of carbonyl (C=O) groups excluding carboxylic acids is 2. The Morgan fingerprint density at radius 1 is 1.60 bits per heavy atom. The summed E-state index contributed by atoms with van der Waals surface area (Å²) < 4.78 is 0. The van der Waals surface area contributed by atoms with E-state index < -0.39 is 17.6 Å². The Morgan fingerprint density at radius 3 is 2.60 bits per heavy atom. The van der Waals surface area contributed by atoms with Crippen LogP contribution in [0.15, 0.2) is 5.16 Å². The lowest BCUT2D eigenvalue weighted by Crippen LogP contribution is -2.43. The lowest BCUT2D eigenvalue weighted by atomic mass is 10.4. The van der Waals surface area contributed by atoms with Crippen LogP contribution in [0.5, 0.6) is 0 Å². The molecule has 0 radical (unpaired) electrons. The highest BCUT2D eigenvalue weighted by atomic mass is 16.6. The number of amides is 3. The van der Waals surface area contributed by atoms with Crippen molar-refractivity contribution in [1.82, 2.24) is 10.2 Å². The zero-order valence-corrected chi connectivity index (χ0v) is 8.77. The van der Waals surface area contributed by atoms with Crippen molar-refractivity contribution in [3.8, 4) is 6.07 Å². The highest BCUT2D eigenvalue weighted by molar-refractivity contribution is 6.46. The average Bonchev–Trinajstić information content (AvgIpc) is 2.24. The van der Waals surface area contributed by atoms with Gasteiger partial charge in [-0.25, -0.2) is 4.79 Å². The predicted molar refractivity (Wildman–Crippen MR) is 51.9 cm³/mol. The van der Waals surface area contributed by atoms with E-state index in [-0.39, 0.29) is 0 Å². The molecule has 1 N–H and O–H groups in total. The number of nitrogens with zero attached hydrogens (tertiary/aromatic N) is 3. The van der Waals surface area contributed by atoms with E-state index in [1.54, 1.807) is 6.92 Å². The minimum Gasteiger partial charge on any atom is -0.398 e. The van der Waals surface area contributed by atoms with Gasteiger partial charge in [0.05, 0.1) is 0 Å². The molecule has 0 aliphatic rings. The third-order valence-corrected chi connectivity index (χ3v) is 1.55. The van der Waals surface area contributed by atoms with Gasteiger partial charge in [-0.05, 0) is 6.92 Å². The molecule has 0 spiro atoms. The summed E-state index contributed by atoms with van der Waals surface area (Å²) in [5, 5.41) is 13.6. The van der Waals surface area contributed by atoms with Gasteiger partial charge in [0.2, 0.25) is 5.71 Å². The topological polar surface area (TPSA) is 94.8 Å². The number of nitrogens with one attached hydrogen (secondary N) is 1. The average molecular weight is 212 g/mol. The molecule has 0 unspecified atom stereocenters. The molecule has 0 saturated heterocycles. The highest BCUT2D eigenvalue weighted by Gasteiger charge is 2.16. The number of hydrogen-bond acceptors (Lipinski definition) is 5. The first-order valence-electron chi connectivity index (χ1n) is 4.14. The van der Waals surface area contributed by atoms with Crippen LogP contribution in [-0.2, 0) is 9.63 Å². The number of rotatable bonds is 3. The molecule has 0 aliphatic heterocycles. The quantitative estimate of drug-likeness (QED) is 0.513. The van der Waals surface area contributed by atoms with Gasteiger partial charge >= 0.3 is 6.03 Å². The molecule has 0 aromatic rings. The smallest absolute Gasteiger partial charge is 0.324 e. The Bertz CT molecular complexity index is 318. The summed E-state index contributed by atoms with van der Waals surface area (Å²) in [4.78, 5) is 27.9. The first-order valence-corrected chi connectivity index (χ1v) is 4.14. The van der Waals surface area contributed by atoms with Crippen LogP contribution in [0.4, 0.5) is 4.79 Å². The molecule has 15 heavy (non-hydrogen) atoms. The fraction of sp³-hybridized carbons (Fsp3) is 0.500. The fourth-order valence-electron chi connectivity index (χ4n) is 0.599. The van der Waals surface area contributed by atoms with Gasteiger partial charge in [-0.15, -0.1) is 0 Å². The van der Waals surface area contributed by atoms with Crippen LogP contribution in [-0.4, -0.2) is 43.3 Å². The van der Waals surface area contributed by atoms with E-state index in [4.69, 9.17) is 5.26 Å². The van der Waals surface area contributed by atoms with Gasteiger partial charge in [-0.1, -0.05) is 5.16 Å². The fourth-order valence-corrected chi connectivity index (χ4v) is 0.599. The van der Waals surface area contributed by atoms with Gasteiger partial charge in [-0.2, -0.15) is 5.26 Å². The third-order valence-electron chi connectivity index (χ3n) is 1.55. The second-order valence-electron chi connectivity index (χ2n) is 2.51. The lowest BCUT2D eigenvalue weighted by molar-refractivity contribution is -0.114. The van der Waals surface area contributed by atoms with E-state index in [9.17, 15) is 9.59 Å². The Kier molecular flexibility index (Phi) is 5.48. The summed E-state index contributed by atoms with van der Waals surface area (Å²) in [5.74, 6) is -0.885. The molecule has 0 heterocycles. The summed E-state index contributed by atoms with van der Waals surface area (Å²) >= 11 is 0. The van der Waals surface area contributed by atoms with Crippen LogP contribution in [0.1, 0.15) is 6.92 Å². The molecule has 0 bridgehead atoms. The van der Waals surface area contributed by atoms with Crippen molar-refractivity contribution in [3.63, 3.8) is 0 Å². The molecular formula is C8H12N4O3. The standard InChI is InChI=1S/C8H12N4O3/c1-4-12(2)8(14)10-7(13)6(5-9)11-15-3/h4H2,1-3H3,(H,10,13,14). The van der Waals surface area contributed by atoms with Crippen LogP contribution < -0.4 is 5.32 Å². The number of nitriles is 1. The van der Waals surface area contributed by atoms with Crippen molar-refractivity contribution in [2.45, 2.75) is 6.92 Å². The second-order valence-corrected chi connectivity index (χ2v) is 2.51. The minimum absolute atomic E-state index is 0.447. The molecule has 82 valence electrons. The van der Waals surface area contributed by atoms with Gasteiger partial charge in [0, 0.05) is 13.6 Å². The van der Waals surface area contributed by atoms with Gasteiger partial charge in [-0.3, -0.25) is 10.1 Å². The first-order chi connectivity index (χ1) is 7.06. The number of urea groups is 1. The molecule has 0 aliphatic carbocycles. The van der Waals surface area contributed by atoms with E-state index in [0.717, 1.165) is 0 Å². The van der Waals surface area contributed by atoms with Crippen molar-refractivity contribution in [3.05, 3.63) is 0 Å². The van der Waals surface area contributed by atoms with Gasteiger partial charge < -0.3 is 9.74 Å². The van der Waals surface area contributed by atoms with E-state index in [0.29, 0.717) is 6.54 Å². The molecule has 3 amide bonds. The Hall–Kier alpha value is -2.10. The zero-order valence-electron chi connectivity index (χ0n) is 8.77. The maximum absolute atomic E-state index is 11.2. The lowest BCUT2D eigenvalue weighted by Gasteiger charge is -2.13. The van der Waals surface area contributed by atoms with Crippen molar-refractivity contribution in [1.29, 1.82) is 5.26 Å². The van der Waals surface area contributed by atoms with Crippen molar-refractivity contribution in [2.75, 3.05) is 20.7 Å². The summed E-state index contributed by atoms with van der Waals surface area (Å²) in [6.45, 7) is 2.20. The third kappa shape index (κ3) is 4.08. The summed E-state index contributed by atoms with van der Waals surface area (Å²) in [5.41, 5.74) is -0.504. The van der Waals surface area contributed by atoms with Crippen molar-refractivity contribution in [2.24, 2.45) is 5.16 Å². The zero-order chi connectivity index (χ0) is 11.8. The molecule has 0 aromatic heterocycles. The summed E-state index contributed by atoms with van der Waals surface area (Å²) in [6, 6.07) is 0.911. The number of carbonyl (C=O) groups is 2. The van der Waals surface area contributed by atoms with E-state index in [2.05, 4.69) is 9.99 Å². The van der Waals surface area contributed by atoms with Crippen LogP contribution >= 0.6 is 0 Å². The maximum atomic E-state index is 11.2. The summed E-state index contributed by atoms with van der Waals surface area (Å²) in [6.07, 6.45) is 0. The molecular weight excluding hydrogens is 200 g/mol. The Balaban J connectivity index is 4.44. The maximum Gasteiger partial charge on any atom is 0.324 e. The second kappa shape index (κ2) is 6.37. The van der Waals surface area contributed by atoms with Crippen LogP contribution in [0, 0.1) is 11.3 Å². The van der Waals surface area contributed by atoms with Crippen LogP contribution in [0.3, 0.4) is 0 Å². The Morgan fingerprint density at radius 2 is 2.20 bits per heavy atom. The largest absolute Gasteiger partial charge is 0.398 e. The number of imide groups is 1. The number of hydrogen-bond donors (Lipinski definition) is 1. The predicted octanol–water partition coefficient (Wildman–Crippen LogP) is -0.300. The normalized spacial score (nSPS) is 10.1. The molecule has 0 atom stereocenters. The number of oxime groups is 1. The highest BCUT2D eigenvalue weighted by Crippen LogP contribution is 1.85. The first kappa shape index (κ1) is 12.9. The molecule has 0 rings (SSSR count). The van der Waals surface area contributed by atoms with Gasteiger partial charge in [0.1, 0.15) is 13.2 Å². The summed E-state index contributed by atoms with van der Waals surface area (Å²) in [7, 11) is 2.72. The van der Waals surface area contributed by atoms with E-state index >= 15 is 0 Å². The van der Waals surface area contributed by atoms with Crippen molar-refractivity contribution < 1.29 is 14.4 Å². The SMILES string of the molecule is CCN(C)C(=O)NC(=O)C(C#N)=NOC. The van der Waals surface area contributed by atoms with Crippen LogP contribution in [0.25, 0.3) is 0 Å². The van der Waals surface area contributed by atoms with E-state index in [1.807, 2.05) is 5.32 Å². The molecule has 7 nitrogen and oxygen atoms in total. The molecule has 0 saturated carbocycles. The molecule has 0 aromatic carbocycles. The molecule has 0 fully saturated rings. The monoisotopic (exact) mass is 212 g/mol.